The van der Waals surface area contributed by atoms with E-state index in [1.54, 1.807) is 31.2 Å². The van der Waals surface area contributed by atoms with Crippen molar-refractivity contribution in [3.05, 3.63) is 59.0 Å². The molecule has 1 aromatic carbocycles. The van der Waals surface area contributed by atoms with Gasteiger partial charge in [-0.15, -0.1) is 0 Å². The molecule has 0 aliphatic rings. The molecule has 26 heavy (non-hydrogen) atoms. The van der Waals surface area contributed by atoms with Gasteiger partial charge >= 0.3 is 0 Å². The van der Waals surface area contributed by atoms with Crippen molar-refractivity contribution in [2.24, 2.45) is 0 Å². The lowest BCUT2D eigenvalue weighted by molar-refractivity contribution is 0.0962. The molecule has 0 fully saturated rings. The summed E-state index contributed by atoms with van der Waals surface area (Å²) in [6, 6.07) is 8.53. The van der Waals surface area contributed by atoms with Crippen LogP contribution in [-0.2, 0) is 6.61 Å². The molecule has 0 saturated heterocycles. The summed E-state index contributed by atoms with van der Waals surface area (Å²) in [7, 11) is 0. The molecule has 2 aromatic heterocycles. The summed E-state index contributed by atoms with van der Waals surface area (Å²) in [6.45, 7) is 5.61. The van der Waals surface area contributed by atoms with Crippen LogP contribution >= 0.6 is 0 Å². The summed E-state index contributed by atoms with van der Waals surface area (Å²) < 4.78 is 10.4. The number of nitrogens with one attached hydrogen (secondary N) is 2. The highest BCUT2D eigenvalue weighted by molar-refractivity contribution is 5.94. The zero-order chi connectivity index (χ0) is 18.5. The maximum Gasteiger partial charge on any atom is 0.269 e. The molecule has 0 aliphatic carbocycles. The fourth-order valence-corrected chi connectivity index (χ4v) is 2.22. The highest BCUT2D eigenvalue weighted by Crippen LogP contribution is 2.13. The number of hydrazine groups is 1. The van der Waals surface area contributed by atoms with E-state index in [4.69, 9.17) is 9.26 Å². The minimum Gasteiger partial charge on any atom is -0.485 e. The number of amides is 1. The molecule has 0 aliphatic heterocycles. The smallest absolute Gasteiger partial charge is 0.269 e. The lowest BCUT2D eigenvalue weighted by atomic mass is 10.2. The third-order valence-corrected chi connectivity index (χ3v) is 3.32. The van der Waals surface area contributed by atoms with E-state index < -0.39 is 0 Å². The molecule has 0 atom stereocenters. The van der Waals surface area contributed by atoms with Gasteiger partial charge in [0, 0.05) is 23.9 Å². The van der Waals surface area contributed by atoms with Crippen molar-refractivity contribution in [3.8, 4) is 5.75 Å². The number of anilines is 1. The first-order valence-electron chi connectivity index (χ1n) is 7.90. The SMILES string of the molecule is Cc1cc(C)nc(NNC(=O)c2ccc(OCc3noc(C)n3)cc2)n1. The van der Waals surface area contributed by atoms with Gasteiger partial charge in [-0.3, -0.25) is 15.6 Å². The molecule has 2 heterocycles. The van der Waals surface area contributed by atoms with Crippen LogP contribution in [0.15, 0.2) is 34.9 Å². The van der Waals surface area contributed by atoms with E-state index in [0.717, 1.165) is 11.4 Å². The molecule has 9 heteroatoms. The van der Waals surface area contributed by atoms with Crippen LogP contribution in [0.2, 0.25) is 0 Å². The van der Waals surface area contributed by atoms with Gasteiger partial charge in [0.05, 0.1) is 0 Å². The second-order valence-electron chi connectivity index (χ2n) is 5.60. The van der Waals surface area contributed by atoms with Crippen LogP contribution in [0.1, 0.15) is 33.5 Å². The monoisotopic (exact) mass is 354 g/mol. The van der Waals surface area contributed by atoms with Gasteiger partial charge in [0.1, 0.15) is 5.75 Å². The van der Waals surface area contributed by atoms with E-state index in [1.807, 2.05) is 19.9 Å². The lowest BCUT2D eigenvalue weighted by Gasteiger charge is -2.09. The number of hydrogen-bond donors (Lipinski definition) is 2. The van der Waals surface area contributed by atoms with Crippen molar-refractivity contribution in [1.82, 2.24) is 25.5 Å². The third kappa shape index (κ3) is 4.53. The van der Waals surface area contributed by atoms with Crippen LogP contribution in [-0.4, -0.2) is 26.0 Å². The number of carbonyl (C=O) groups excluding carboxylic acids is 1. The fourth-order valence-electron chi connectivity index (χ4n) is 2.22. The number of hydrogen-bond acceptors (Lipinski definition) is 8. The molecular formula is C17H18N6O3. The summed E-state index contributed by atoms with van der Waals surface area (Å²) in [5, 5.41) is 3.75. The van der Waals surface area contributed by atoms with Crippen LogP contribution in [0.4, 0.5) is 5.95 Å². The molecular weight excluding hydrogens is 336 g/mol. The van der Waals surface area contributed by atoms with Crippen LogP contribution in [0, 0.1) is 20.8 Å². The first-order valence-corrected chi connectivity index (χ1v) is 7.90. The van der Waals surface area contributed by atoms with Gasteiger partial charge in [0.25, 0.3) is 5.91 Å². The first-order chi connectivity index (χ1) is 12.5. The highest BCUT2D eigenvalue weighted by Gasteiger charge is 2.08. The van der Waals surface area contributed by atoms with Crippen molar-refractivity contribution < 1.29 is 14.1 Å². The van der Waals surface area contributed by atoms with E-state index >= 15 is 0 Å². The van der Waals surface area contributed by atoms with E-state index in [-0.39, 0.29) is 12.5 Å². The minimum atomic E-state index is -0.312. The number of carbonyl (C=O) groups is 1. The second kappa shape index (κ2) is 7.60. The Hall–Kier alpha value is -3.49. The Morgan fingerprint density at radius 2 is 1.77 bits per heavy atom. The van der Waals surface area contributed by atoms with Gasteiger partial charge in [0.2, 0.25) is 17.7 Å². The lowest BCUT2D eigenvalue weighted by Crippen LogP contribution is -2.30. The maximum absolute atomic E-state index is 12.2. The summed E-state index contributed by atoms with van der Waals surface area (Å²) in [6.07, 6.45) is 0. The Morgan fingerprint density at radius 1 is 1.08 bits per heavy atom. The van der Waals surface area contributed by atoms with Crippen LogP contribution in [0.3, 0.4) is 0 Å². The van der Waals surface area contributed by atoms with Crippen molar-refractivity contribution in [2.45, 2.75) is 27.4 Å². The van der Waals surface area contributed by atoms with Gasteiger partial charge < -0.3 is 9.26 Å². The number of benzene rings is 1. The minimum absolute atomic E-state index is 0.189. The van der Waals surface area contributed by atoms with Gasteiger partial charge in [-0.05, 0) is 44.2 Å². The number of rotatable bonds is 6. The van der Waals surface area contributed by atoms with Crippen molar-refractivity contribution in [2.75, 3.05) is 5.43 Å². The van der Waals surface area contributed by atoms with E-state index in [0.29, 0.717) is 29.0 Å². The Bertz CT molecular complexity index is 887. The molecule has 9 nitrogen and oxygen atoms in total. The molecule has 0 saturated carbocycles. The molecule has 3 rings (SSSR count). The fraction of sp³-hybridized carbons (Fsp3) is 0.235. The Balaban J connectivity index is 1.54. The summed E-state index contributed by atoms with van der Waals surface area (Å²) >= 11 is 0. The standard InChI is InChI=1S/C17H18N6O3/c1-10-8-11(2)19-17(18-10)22-21-16(24)13-4-6-14(7-5-13)25-9-15-20-12(3)26-23-15/h4-8H,9H2,1-3H3,(H,21,24)(H,18,19,22). The maximum atomic E-state index is 12.2. The van der Waals surface area contributed by atoms with E-state index in [2.05, 4.69) is 31.0 Å². The zero-order valence-corrected chi connectivity index (χ0v) is 14.6. The van der Waals surface area contributed by atoms with Crippen LogP contribution < -0.4 is 15.6 Å². The van der Waals surface area contributed by atoms with Crippen molar-refractivity contribution >= 4 is 11.9 Å². The van der Waals surface area contributed by atoms with E-state index in [1.165, 1.54) is 0 Å². The van der Waals surface area contributed by atoms with Crippen LogP contribution in [0.25, 0.3) is 0 Å². The molecule has 0 unspecified atom stereocenters. The number of nitrogens with zero attached hydrogens (tertiary/aromatic N) is 4. The average Bonchev–Trinajstić information content (AvgIpc) is 3.03. The number of aromatic nitrogens is 4. The largest absolute Gasteiger partial charge is 0.485 e. The molecule has 134 valence electrons. The van der Waals surface area contributed by atoms with Gasteiger partial charge in [0.15, 0.2) is 6.61 Å². The predicted molar refractivity (Wildman–Crippen MR) is 92.4 cm³/mol. The Labute approximate surface area is 149 Å². The Kier molecular flexibility index (Phi) is 5.07. The quantitative estimate of drug-likeness (QED) is 0.647. The molecule has 0 radical (unpaired) electrons. The first kappa shape index (κ1) is 17.3. The second-order valence-corrected chi connectivity index (χ2v) is 5.60. The normalized spacial score (nSPS) is 10.4. The Morgan fingerprint density at radius 3 is 2.38 bits per heavy atom. The third-order valence-electron chi connectivity index (χ3n) is 3.32. The molecule has 0 bridgehead atoms. The zero-order valence-electron chi connectivity index (χ0n) is 14.6. The summed E-state index contributed by atoms with van der Waals surface area (Å²) in [4.78, 5) is 24.6. The van der Waals surface area contributed by atoms with Gasteiger partial charge in [-0.1, -0.05) is 5.16 Å². The highest BCUT2D eigenvalue weighted by atomic mass is 16.5. The van der Waals surface area contributed by atoms with Gasteiger partial charge in [-0.2, -0.15) is 4.98 Å². The van der Waals surface area contributed by atoms with Crippen molar-refractivity contribution in [3.63, 3.8) is 0 Å². The van der Waals surface area contributed by atoms with E-state index in [9.17, 15) is 4.79 Å². The average molecular weight is 354 g/mol. The molecule has 3 aromatic rings. The topological polar surface area (TPSA) is 115 Å². The molecule has 0 spiro atoms. The number of ether oxygens (including phenoxy) is 1. The predicted octanol–water partition coefficient (Wildman–Crippen LogP) is 2.12. The molecule has 1 amide bonds. The summed E-state index contributed by atoms with van der Waals surface area (Å²) in [5.41, 5.74) is 7.36. The number of aryl methyl sites for hydroxylation is 3. The molecule has 2 N–H and O–H groups in total. The van der Waals surface area contributed by atoms with Gasteiger partial charge in [-0.25, -0.2) is 9.97 Å². The van der Waals surface area contributed by atoms with Crippen molar-refractivity contribution in [1.29, 1.82) is 0 Å². The summed E-state index contributed by atoms with van der Waals surface area (Å²) in [5.74, 6) is 1.56. The van der Waals surface area contributed by atoms with Crippen LogP contribution in [0.5, 0.6) is 5.75 Å².